The molecule has 0 saturated heterocycles. The molecule has 2 aromatic rings. The zero-order valence-corrected chi connectivity index (χ0v) is 6.77. The van der Waals surface area contributed by atoms with Crippen LogP contribution in [0.15, 0.2) is 11.6 Å². The molecule has 0 saturated carbocycles. The molecule has 2 nitrogen and oxygen atoms in total. The van der Waals surface area contributed by atoms with Crippen LogP contribution in [0.2, 0.25) is 0 Å². The maximum Gasteiger partial charge on any atom is 0.150 e. The molecule has 0 aliphatic carbocycles. The number of imidazole rings is 1. The van der Waals surface area contributed by atoms with Gasteiger partial charge in [0.05, 0.1) is 5.69 Å². The molecule has 0 N–H and O–H groups in total. The molecule has 2 heterocycles. The maximum absolute atomic E-state index is 4.25. The van der Waals surface area contributed by atoms with Gasteiger partial charge in [0.1, 0.15) is 5.65 Å². The van der Waals surface area contributed by atoms with Crippen molar-refractivity contribution in [2.45, 2.75) is 13.8 Å². The predicted octanol–water partition coefficient (Wildman–Crippen LogP) is 2.01. The molecule has 0 bridgehead atoms. The minimum atomic E-state index is 1.10. The number of nitrogens with zero attached hydrogens (tertiary/aromatic N) is 2. The zero-order valence-electron chi connectivity index (χ0n) is 5.96. The molecule has 0 aromatic carbocycles. The van der Waals surface area contributed by atoms with E-state index in [1.807, 2.05) is 6.20 Å². The minimum Gasteiger partial charge on any atom is -0.252 e. The Morgan fingerprint density at radius 2 is 2.30 bits per heavy atom. The summed E-state index contributed by atoms with van der Waals surface area (Å²) >= 11 is 1.70. The first-order valence-corrected chi connectivity index (χ1v) is 4.01. The Morgan fingerprint density at radius 3 is 3.00 bits per heavy atom. The van der Waals surface area contributed by atoms with E-state index in [0.29, 0.717) is 0 Å². The van der Waals surface area contributed by atoms with Gasteiger partial charge in [0.15, 0.2) is 0 Å². The van der Waals surface area contributed by atoms with Crippen LogP contribution in [0.1, 0.15) is 11.3 Å². The van der Waals surface area contributed by atoms with Crippen molar-refractivity contribution in [3.05, 3.63) is 22.8 Å². The molecule has 0 atom stereocenters. The lowest BCUT2D eigenvalue weighted by Gasteiger charge is -1.82. The van der Waals surface area contributed by atoms with Crippen LogP contribution in [-0.2, 0) is 0 Å². The van der Waals surface area contributed by atoms with E-state index < -0.39 is 0 Å². The monoisotopic (exact) mass is 152 g/mol. The fraction of sp³-hybridized carbons (Fsp3) is 0.286. The molecule has 52 valence electrons. The third-order valence-electron chi connectivity index (χ3n) is 1.57. The summed E-state index contributed by atoms with van der Waals surface area (Å²) in [6.07, 6.45) is 1.90. The van der Waals surface area contributed by atoms with Crippen LogP contribution in [0.3, 0.4) is 0 Å². The van der Waals surface area contributed by atoms with Crippen LogP contribution in [0.4, 0.5) is 0 Å². The topological polar surface area (TPSA) is 17.3 Å². The number of aromatic nitrogens is 2. The summed E-state index contributed by atoms with van der Waals surface area (Å²) in [5.74, 6) is 0. The lowest BCUT2D eigenvalue weighted by molar-refractivity contribution is 1.24. The Balaban J connectivity index is 2.95. The summed E-state index contributed by atoms with van der Waals surface area (Å²) in [6.45, 7) is 4.15. The molecule has 2 aromatic heterocycles. The number of aryl methyl sites for hydroxylation is 2. The Labute approximate surface area is 63.3 Å². The van der Waals surface area contributed by atoms with E-state index in [9.17, 15) is 0 Å². The Hall–Kier alpha value is -0.830. The smallest absolute Gasteiger partial charge is 0.150 e. The molecule has 0 aliphatic rings. The molecular formula is C7H8N2S. The Bertz CT molecular complexity index is 322. The SMILES string of the molecule is Cc1csn2c(C)cnc12. The first kappa shape index (κ1) is 5.92. The standard InChI is InChI=1S/C7H8N2S/c1-5-4-10-9-6(2)3-8-7(5)9/h3-4H,1-2H3. The number of hydrogen-bond donors (Lipinski definition) is 0. The van der Waals surface area contributed by atoms with Crippen molar-refractivity contribution in [1.82, 2.24) is 8.77 Å². The normalized spacial score (nSPS) is 11.0. The Kier molecular flexibility index (Phi) is 1.08. The molecule has 0 amide bonds. The van der Waals surface area contributed by atoms with Crippen LogP contribution < -0.4 is 0 Å². The highest BCUT2D eigenvalue weighted by molar-refractivity contribution is 7.04. The van der Waals surface area contributed by atoms with Crippen LogP contribution in [0.25, 0.3) is 5.65 Å². The lowest BCUT2D eigenvalue weighted by atomic mass is 10.4. The van der Waals surface area contributed by atoms with Crippen molar-refractivity contribution >= 4 is 17.2 Å². The van der Waals surface area contributed by atoms with Crippen LogP contribution in [-0.4, -0.2) is 8.77 Å². The average Bonchev–Trinajstić information content (AvgIpc) is 2.41. The number of hydrogen-bond acceptors (Lipinski definition) is 2. The van der Waals surface area contributed by atoms with E-state index in [-0.39, 0.29) is 0 Å². The second kappa shape index (κ2) is 1.83. The Morgan fingerprint density at radius 1 is 1.50 bits per heavy atom. The maximum atomic E-state index is 4.25. The van der Waals surface area contributed by atoms with Gasteiger partial charge in [0.25, 0.3) is 0 Å². The van der Waals surface area contributed by atoms with Crippen LogP contribution >= 0.6 is 11.5 Å². The molecule has 2 rings (SSSR count). The molecule has 0 radical (unpaired) electrons. The molecule has 0 spiro atoms. The highest BCUT2D eigenvalue weighted by Crippen LogP contribution is 2.15. The summed E-state index contributed by atoms with van der Waals surface area (Å²) in [6, 6.07) is 0. The predicted molar refractivity (Wildman–Crippen MR) is 42.5 cm³/mol. The van der Waals surface area contributed by atoms with Gasteiger partial charge in [-0.3, -0.25) is 3.79 Å². The summed E-state index contributed by atoms with van der Waals surface area (Å²) in [4.78, 5) is 4.25. The zero-order chi connectivity index (χ0) is 7.14. The van der Waals surface area contributed by atoms with Crippen molar-refractivity contribution < 1.29 is 0 Å². The van der Waals surface area contributed by atoms with Gasteiger partial charge in [-0.1, -0.05) is 11.5 Å². The van der Waals surface area contributed by atoms with Crippen molar-refractivity contribution in [3.63, 3.8) is 0 Å². The number of fused-ring (bicyclic) bond motifs is 1. The van der Waals surface area contributed by atoms with Gasteiger partial charge in [-0.05, 0) is 13.8 Å². The van der Waals surface area contributed by atoms with E-state index >= 15 is 0 Å². The van der Waals surface area contributed by atoms with Gasteiger partial charge >= 0.3 is 0 Å². The van der Waals surface area contributed by atoms with E-state index in [2.05, 4.69) is 28.0 Å². The average molecular weight is 152 g/mol. The van der Waals surface area contributed by atoms with E-state index in [1.54, 1.807) is 11.5 Å². The fourth-order valence-corrected chi connectivity index (χ4v) is 1.88. The molecular weight excluding hydrogens is 144 g/mol. The quantitative estimate of drug-likeness (QED) is 0.564. The van der Waals surface area contributed by atoms with E-state index in [1.165, 1.54) is 11.3 Å². The molecule has 0 aliphatic heterocycles. The summed E-state index contributed by atoms with van der Waals surface area (Å²) in [5, 5.41) is 2.12. The van der Waals surface area contributed by atoms with Gasteiger partial charge in [0.2, 0.25) is 0 Å². The molecule has 10 heavy (non-hydrogen) atoms. The fourth-order valence-electron chi connectivity index (χ4n) is 1.01. The first-order chi connectivity index (χ1) is 4.79. The summed E-state index contributed by atoms with van der Waals surface area (Å²) in [7, 11) is 0. The molecule has 3 heteroatoms. The van der Waals surface area contributed by atoms with E-state index in [4.69, 9.17) is 0 Å². The van der Waals surface area contributed by atoms with Crippen LogP contribution in [0, 0.1) is 13.8 Å². The summed E-state index contributed by atoms with van der Waals surface area (Å²) in [5.41, 5.74) is 3.58. The summed E-state index contributed by atoms with van der Waals surface area (Å²) < 4.78 is 2.13. The highest BCUT2D eigenvalue weighted by Gasteiger charge is 2.01. The van der Waals surface area contributed by atoms with Crippen molar-refractivity contribution in [3.8, 4) is 0 Å². The van der Waals surface area contributed by atoms with Gasteiger partial charge in [-0.25, -0.2) is 4.98 Å². The largest absolute Gasteiger partial charge is 0.252 e. The van der Waals surface area contributed by atoms with Gasteiger partial charge in [0, 0.05) is 17.1 Å². The van der Waals surface area contributed by atoms with Crippen molar-refractivity contribution in [2.24, 2.45) is 0 Å². The molecule has 0 fully saturated rings. The van der Waals surface area contributed by atoms with E-state index in [0.717, 1.165) is 5.65 Å². The second-order valence-corrected chi connectivity index (χ2v) is 3.24. The van der Waals surface area contributed by atoms with Crippen molar-refractivity contribution in [1.29, 1.82) is 0 Å². The van der Waals surface area contributed by atoms with Gasteiger partial charge < -0.3 is 0 Å². The lowest BCUT2D eigenvalue weighted by Crippen LogP contribution is -1.75. The third kappa shape index (κ3) is 0.609. The third-order valence-corrected chi connectivity index (χ3v) is 2.70. The van der Waals surface area contributed by atoms with Gasteiger partial charge in [-0.15, -0.1) is 0 Å². The number of rotatable bonds is 0. The van der Waals surface area contributed by atoms with Crippen LogP contribution in [0.5, 0.6) is 0 Å². The first-order valence-electron chi connectivity index (χ1n) is 3.17. The van der Waals surface area contributed by atoms with Gasteiger partial charge in [-0.2, -0.15) is 0 Å². The second-order valence-electron chi connectivity index (χ2n) is 2.42. The highest BCUT2D eigenvalue weighted by atomic mass is 32.1. The minimum absolute atomic E-state index is 1.10. The van der Waals surface area contributed by atoms with Crippen molar-refractivity contribution in [2.75, 3.05) is 0 Å². The molecule has 0 unspecified atom stereocenters.